The lowest BCUT2D eigenvalue weighted by molar-refractivity contribution is -0.114. The van der Waals surface area contributed by atoms with Crippen molar-refractivity contribution in [2.24, 2.45) is 10.1 Å². The number of thioether (sulfide) groups is 1. The van der Waals surface area contributed by atoms with Gasteiger partial charge in [0.15, 0.2) is 5.84 Å². The lowest BCUT2D eigenvalue weighted by Gasteiger charge is -2.20. The Bertz CT molecular complexity index is 1170. The number of nitrogens with zero attached hydrogens (tertiary/aromatic N) is 4. The van der Waals surface area contributed by atoms with E-state index in [2.05, 4.69) is 72.7 Å². The second-order valence-electron chi connectivity index (χ2n) is 8.33. The molecule has 0 saturated heterocycles. The number of rotatable bonds is 6. The number of amides is 1. The van der Waals surface area contributed by atoms with E-state index in [4.69, 9.17) is 5.41 Å². The maximum Gasteiger partial charge on any atom is 0.283 e. The summed E-state index contributed by atoms with van der Waals surface area (Å²) in [4.78, 5) is 16.9. The SMILES string of the molecule is CCCC1=NN2C(=N)/C(=C/c3cc(C)n(-c4ccc(C(C)CC)cc4)c3C)C(=O)N=C2S1. The van der Waals surface area contributed by atoms with Crippen LogP contribution in [-0.4, -0.2) is 31.5 Å². The smallest absolute Gasteiger partial charge is 0.283 e. The molecular formula is C25H29N5OS. The first-order chi connectivity index (χ1) is 15.3. The van der Waals surface area contributed by atoms with Crippen LogP contribution in [0.1, 0.15) is 68.5 Å². The van der Waals surface area contributed by atoms with Crippen LogP contribution in [0.15, 0.2) is 46.0 Å². The Kier molecular flexibility index (Phi) is 6.20. The van der Waals surface area contributed by atoms with Crippen LogP contribution in [0.3, 0.4) is 0 Å². The van der Waals surface area contributed by atoms with Gasteiger partial charge in [-0.3, -0.25) is 10.2 Å². The molecule has 2 aliphatic heterocycles. The van der Waals surface area contributed by atoms with Gasteiger partial charge in [0.05, 0.1) is 5.57 Å². The Morgan fingerprint density at radius 2 is 1.91 bits per heavy atom. The molecule has 0 saturated carbocycles. The first-order valence-corrected chi connectivity index (χ1v) is 11.9. The third-order valence-corrected chi connectivity index (χ3v) is 7.03. The van der Waals surface area contributed by atoms with Crippen molar-refractivity contribution in [2.45, 2.75) is 59.8 Å². The first-order valence-electron chi connectivity index (χ1n) is 11.1. The summed E-state index contributed by atoms with van der Waals surface area (Å²) in [6, 6.07) is 10.7. The van der Waals surface area contributed by atoms with Gasteiger partial charge < -0.3 is 4.57 Å². The lowest BCUT2D eigenvalue weighted by atomic mass is 9.98. The van der Waals surface area contributed by atoms with Gasteiger partial charge in [-0.15, -0.1) is 0 Å². The Labute approximate surface area is 193 Å². The summed E-state index contributed by atoms with van der Waals surface area (Å²) in [5.41, 5.74) is 5.69. The number of nitrogens with one attached hydrogen (secondary N) is 1. The zero-order valence-corrected chi connectivity index (χ0v) is 20.1. The largest absolute Gasteiger partial charge is 0.318 e. The van der Waals surface area contributed by atoms with Crippen LogP contribution < -0.4 is 0 Å². The van der Waals surface area contributed by atoms with E-state index in [1.165, 1.54) is 22.3 Å². The van der Waals surface area contributed by atoms with Crippen LogP contribution in [0.25, 0.3) is 11.8 Å². The monoisotopic (exact) mass is 447 g/mol. The molecule has 1 atom stereocenters. The second kappa shape index (κ2) is 8.90. The van der Waals surface area contributed by atoms with E-state index in [0.717, 1.165) is 46.9 Å². The Morgan fingerprint density at radius 3 is 2.56 bits per heavy atom. The summed E-state index contributed by atoms with van der Waals surface area (Å²) in [7, 11) is 0. The van der Waals surface area contributed by atoms with Crippen molar-refractivity contribution >= 4 is 39.8 Å². The number of aliphatic imine (C=N–C) groups is 1. The molecule has 1 amide bonds. The van der Waals surface area contributed by atoms with Crippen molar-refractivity contribution in [3.63, 3.8) is 0 Å². The van der Waals surface area contributed by atoms with Gasteiger partial charge in [-0.25, -0.2) is 0 Å². The van der Waals surface area contributed by atoms with Crippen molar-refractivity contribution in [1.29, 1.82) is 5.41 Å². The highest BCUT2D eigenvalue weighted by molar-refractivity contribution is 8.26. The number of carbonyl (C=O) groups excluding carboxylic acids is 1. The molecule has 32 heavy (non-hydrogen) atoms. The number of aromatic nitrogens is 1. The molecule has 2 aromatic rings. The fourth-order valence-electron chi connectivity index (χ4n) is 4.02. The van der Waals surface area contributed by atoms with E-state index in [1.807, 2.05) is 6.92 Å². The molecule has 166 valence electrons. The summed E-state index contributed by atoms with van der Waals surface area (Å²) in [5, 5.41) is 15.9. The molecule has 1 aromatic carbocycles. The maximum atomic E-state index is 12.7. The fourth-order valence-corrected chi connectivity index (χ4v) is 5.01. The Morgan fingerprint density at radius 1 is 1.19 bits per heavy atom. The van der Waals surface area contributed by atoms with Gasteiger partial charge in [-0.1, -0.05) is 32.9 Å². The van der Waals surface area contributed by atoms with Crippen LogP contribution in [0.4, 0.5) is 0 Å². The normalized spacial score (nSPS) is 18.2. The Balaban J connectivity index is 1.67. The molecule has 0 radical (unpaired) electrons. The predicted molar refractivity (Wildman–Crippen MR) is 134 cm³/mol. The minimum absolute atomic E-state index is 0.0845. The van der Waals surface area contributed by atoms with E-state index >= 15 is 0 Å². The summed E-state index contributed by atoms with van der Waals surface area (Å²) < 4.78 is 2.18. The number of carbonyl (C=O) groups is 1. The van der Waals surface area contributed by atoms with E-state index in [9.17, 15) is 4.79 Å². The van der Waals surface area contributed by atoms with Crippen LogP contribution in [-0.2, 0) is 4.79 Å². The third kappa shape index (κ3) is 3.97. The molecule has 7 heteroatoms. The van der Waals surface area contributed by atoms with Crippen molar-refractivity contribution in [3.05, 3.63) is 58.4 Å². The van der Waals surface area contributed by atoms with Crippen molar-refractivity contribution < 1.29 is 4.79 Å². The molecule has 4 rings (SSSR count). The summed E-state index contributed by atoms with van der Waals surface area (Å²) in [6.45, 7) is 10.6. The Hall–Kier alpha value is -2.93. The minimum Gasteiger partial charge on any atom is -0.318 e. The molecule has 2 aliphatic rings. The molecule has 3 heterocycles. The fraction of sp³-hybridized carbons (Fsp3) is 0.360. The highest BCUT2D eigenvalue weighted by atomic mass is 32.2. The van der Waals surface area contributed by atoms with Gasteiger partial charge >= 0.3 is 0 Å². The number of hydrogen-bond donors (Lipinski definition) is 1. The number of amidine groups is 2. The van der Waals surface area contributed by atoms with Crippen LogP contribution in [0.5, 0.6) is 0 Å². The standard InChI is InChI=1S/C25H29N5OS/c1-6-8-22-28-30-23(26)21(24(31)27-25(30)32-22)14-19-13-16(4)29(17(19)5)20-11-9-18(10-12-20)15(3)7-2/h9-15,26H,6-8H2,1-5H3/b21-14-,26-23?. The van der Waals surface area contributed by atoms with E-state index < -0.39 is 0 Å². The van der Waals surface area contributed by atoms with Gasteiger partial charge in [0.25, 0.3) is 5.91 Å². The summed E-state index contributed by atoms with van der Waals surface area (Å²) >= 11 is 1.38. The van der Waals surface area contributed by atoms with Gasteiger partial charge in [0.2, 0.25) is 5.17 Å². The maximum absolute atomic E-state index is 12.7. The van der Waals surface area contributed by atoms with Gasteiger partial charge in [-0.2, -0.15) is 15.1 Å². The lowest BCUT2D eigenvalue weighted by Crippen LogP contribution is -2.35. The number of aryl methyl sites for hydroxylation is 1. The van der Waals surface area contributed by atoms with Crippen molar-refractivity contribution in [3.8, 4) is 5.69 Å². The highest BCUT2D eigenvalue weighted by Gasteiger charge is 2.35. The van der Waals surface area contributed by atoms with Gasteiger partial charge in [0, 0.05) is 17.1 Å². The predicted octanol–water partition coefficient (Wildman–Crippen LogP) is 6.03. The third-order valence-electron chi connectivity index (χ3n) is 6.06. The zero-order valence-electron chi connectivity index (χ0n) is 19.3. The summed E-state index contributed by atoms with van der Waals surface area (Å²) in [5.74, 6) is 0.236. The molecule has 0 aliphatic carbocycles. The zero-order chi connectivity index (χ0) is 23.0. The van der Waals surface area contributed by atoms with Gasteiger partial charge in [0.1, 0.15) is 5.04 Å². The number of hydrogen-bond acceptors (Lipinski definition) is 4. The average molecular weight is 448 g/mol. The van der Waals surface area contributed by atoms with Crippen LogP contribution >= 0.6 is 11.8 Å². The number of fused-ring (bicyclic) bond motifs is 1. The molecule has 0 bridgehead atoms. The average Bonchev–Trinajstić information content (AvgIpc) is 3.30. The molecule has 0 fully saturated rings. The first kappa shape index (κ1) is 22.3. The minimum atomic E-state index is -0.385. The van der Waals surface area contributed by atoms with Crippen LogP contribution in [0.2, 0.25) is 0 Å². The molecule has 1 N–H and O–H groups in total. The molecule has 1 unspecified atom stereocenters. The van der Waals surface area contributed by atoms with Crippen LogP contribution in [0, 0.1) is 19.3 Å². The number of hydrazone groups is 1. The van der Waals surface area contributed by atoms with Crippen molar-refractivity contribution in [2.75, 3.05) is 0 Å². The number of benzene rings is 1. The van der Waals surface area contributed by atoms with E-state index in [1.54, 1.807) is 6.08 Å². The van der Waals surface area contributed by atoms with Crippen molar-refractivity contribution in [1.82, 2.24) is 9.58 Å². The molecule has 1 aromatic heterocycles. The van der Waals surface area contributed by atoms with Gasteiger partial charge in [-0.05, 0) is 86.2 Å². The van der Waals surface area contributed by atoms with E-state index in [-0.39, 0.29) is 17.3 Å². The summed E-state index contributed by atoms with van der Waals surface area (Å²) in [6.07, 6.45) is 4.66. The molecule has 0 spiro atoms. The second-order valence-corrected chi connectivity index (χ2v) is 9.37. The quantitative estimate of drug-likeness (QED) is 0.550. The molecular weight excluding hydrogens is 418 g/mol. The highest BCUT2D eigenvalue weighted by Crippen LogP contribution is 2.31. The van der Waals surface area contributed by atoms with E-state index in [0.29, 0.717) is 11.1 Å². The topological polar surface area (TPSA) is 73.8 Å². The molecule has 6 nitrogen and oxygen atoms in total.